The fraction of sp³-hybridized carbons (Fsp3) is 0.167. The van der Waals surface area contributed by atoms with Gasteiger partial charge in [-0.25, -0.2) is 4.98 Å². The molecule has 0 aliphatic rings. The summed E-state index contributed by atoms with van der Waals surface area (Å²) in [6, 6.07) is 5.27. The summed E-state index contributed by atoms with van der Waals surface area (Å²) in [6.45, 7) is 0. The van der Waals surface area contributed by atoms with Crippen molar-refractivity contribution in [3.05, 3.63) is 50.9 Å². The van der Waals surface area contributed by atoms with E-state index in [1.54, 1.807) is 0 Å². The van der Waals surface area contributed by atoms with Crippen LogP contribution >= 0.6 is 22.9 Å². The van der Waals surface area contributed by atoms with Gasteiger partial charge in [0.2, 0.25) is 5.78 Å². The fourth-order valence-electron chi connectivity index (χ4n) is 1.53. The monoisotopic (exact) mass is 341 g/mol. The standard InChI is InChI=1S/C12H5ClF5NOS/c13-7-3-1-2-6(4-7)8(20)9-10(19-5-21-9)11(14,15)12(16,17)18/h1-5H. The van der Waals surface area contributed by atoms with Gasteiger partial charge in [0.25, 0.3) is 0 Å². The van der Waals surface area contributed by atoms with E-state index in [9.17, 15) is 26.7 Å². The average Bonchev–Trinajstić information content (AvgIpc) is 2.86. The molecule has 0 amide bonds. The van der Waals surface area contributed by atoms with Gasteiger partial charge in [-0.15, -0.1) is 11.3 Å². The number of carbonyl (C=O) groups is 1. The van der Waals surface area contributed by atoms with Crippen molar-refractivity contribution in [3.8, 4) is 0 Å². The van der Waals surface area contributed by atoms with Gasteiger partial charge in [-0.2, -0.15) is 22.0 Å². The van der Waals surface area contributed by atoms with Crippen molar-refractivity contribution in [2.24, 2.45) is 0 Å². The smallest absolute Gasteiger partial charge is 0.288 e. The molecule has 0 aliphatic carbocycles. The van der Waals surface area contributed by atoms with Crippen molar-refractivity contribution >= 4 is 28.7 Å². The van der Waals surface area contributed by atoms with Gasteiger partial charge in [0.15, 0.2) is 0 Å². The lowest BCUT2D eigenvalue weighted by molar-refractivity contribution is -0.290. The Morgan fingerprint density at radius 1 is 1.19 bits per heavy atom. The molecule has 0 N–H and O–H groups in total. The van der Waals surface area contributed by atoms with E-state index in [4.69, 9.17) is 11.6 Å². The highest BCUT2D eigenvalue weighted by atomic mass is 35.5. The second-order valence-electron chi connectivity index (χ2n) is 3.94. The fourth-order valence-corrected chi connectivity index (χ4v) is 2.50. The third-order valence-corrected chi connectivity index (χ3v) is 3.57. The number of ketones is 1. The first-order chi connectivity index (χ1) is 9.64. The summed E-state index contributed by atoms with van der Waals surface area (Å²) < 4.78 is 63.9. The Hall–Kier alpha value is -1.54. The molecule has 0 radical (unpaired) electrons. The van der Waals surface area contributed by atoms with Crippen molar-refractivity contribution in [2.75, 3.05) is 0 Å². The number of rotatable bonds is 3. The summed E-state index contributed by atoms with van der Waals surface area (Å²) in [6.07, 6.45) is -5.83. The minimum Gasteiger partial charge on any atom is -0.288 e. The zero-order chi connectivity index (χ0) is 15.8. The number of thiazole rings is 1. The summed E-state index contributed by atoms with van der Waals surface area (Å²) >= 11 is 6.08. The minimum absolute atomic E-state index is 0.0917. The minimum atomic E-state index is -5.83. The Morgan fingerprint density at radius 3 is 2.43 bits per heavy atom. The van der Waals surface area contributed by atoms with E-state index in [0.717, 1.165) is 5.51 Å². The second kappa shape index (κ2) is 5.34. The lowest BCUT2D eigenvalue weighted by Crippen LogP contribution is -2.35. The van der Waals surface area contributed by atoms with Crippen LogP contribution < -0.4 is 0 Å². The van der Waals surface area contributed by atoms with E-state index < -0.39 is 28.5 Å². The molecular formula is C12H5ClF5NOS. The molecule has 1 aromatic carbocycles. The summed E-state index contributed by atoms with van der Waals surface area (Å²) in [4.78, 5) is 14.3. The van der Waals surface area contributed by atoms with Gasteiger partial charge in [0.1, 0.15) is 10.6 Å². The highest BCUT2D eigenvalue weighted by Crippen LogP contribution is 2.45. The maximum absolute atomic E-state index is 13.4. The molecule has 0 unspecified atom stereocenters. The maximum Gasteiger partial charge on any atom is 0.459 e. The lowest BCUT2D eigenvalue weighted by atomic mass is 10.1. The largest absolute Gasteiger partial charge is 0.459 e. The summed E-state index contributed by atoms with van der Waals surface area (Å²) in [5, 5.41) is 0.162. The summed E-state index contributed by atoms with van der Waals surface area (Å²) in [5.41, 5.74) is -0.914. The number of benzene rings is 1. The molecule has 2 aromatic rings. The predicted octanol–water partition coefficient (Wildman–Crippen LogP) is 4.68. The second-order valence-corrected chi connectivity index (χ2v) is 5.23. The van der Waals surface area contributed by atoms with E-state index in [-0.39, 0.29) is 10.6 Å². The quantitative estimate of drug-likeness (QED) is 0.599. The van der Waals surface area contributed by atoms with Gasteiger partial charge in [-0.05, 0) is 12.1 Å². The Balaban J connectivity index is 2.49. The number of nitrogens with zero attached hydrogens (tertiary/aromatic N) is 1. The van der Waals surface area contributed by atoms with Crippen molar-refractivity contribution in [1.29, 1.82) is 0 Å². The molecule has 21 heavy (non-hydrogen) atoms. The van der Waals surface area contributed by atoms with Crippen LogP contribution in [0.15, 0.2) is 29.8 Å². The predicted molar refractivity (Wildman–Crippen MR) is 66.9 cm³/mol. The van der Waals surface area contributed by atoms with Gasteiger partial charge in [0, 0.05) is 10.6 Å². The molecule has 112 valence electrons. The first kappa shape index (κ1) is 15.8. The molecule has 0 saturated heterocycles. The van der Waals surface area contributed by atoms with Gasteiger partial charge in [-0.3, -0.25) is 4.79 Å². The SMILES string of the molecule is O=C(c1cccc(Cl)c1)c1scnc1C(F)(F)C(F)(F)F. The molecule has 0 saturated carbocycles. The van der Waals surface area contributed by atoms with Crippen LogP contribution in [0.5, 0.6) is 0 Å². The summed E-state index contributed by atoms with van der Waals surface area (Å²) in [5.74, 6) is -6.18. The van der Waals surface area contributed by atoms with Crippen molar-refractivity contribution in [1.82, 2.24) is 4.98 Å². The molecule has 2 nitrogen and oxygen atoms in total. The number of alkyl halides is 5. The van der Waals surface area contributed by atoms with Crippen LogP contribution in [0.25, 0.3) is 0 Å². The van der Waals surface area contributed by atoms with Crippen LogP contribution in [0, 0.1) is 0 Å². The van der Waals surface area contributed by atoms with Crippen LogP contribution in [0.3, 0.4) is 0 Å². The number of aromatic nitrogens is 1. The third kappa shape index (κ3) is 2.91. The van der Waals surface area contributed by atoms with Crippen LogP contribution in [0.4, 0.5) is 22.0 Å². The first-order valence-corrected chi connectivity index (χ1v) is 6.59. The van der Waals surface area contributed by atoms with E-state index in [1.807, 2.05) is 0 Å². The molecule has 9 heteroatoms. The molecule has 0 spiro atoms. The third-order valence-electron chi connectivity index (χ3n) is 2.51. The molecular weight excluding hydrogens is 337 g/mol. The highest BCUT2D eigenvalue weighted by molar-refractivity contribution is 7.12. The van der Waals surface area contributed by atoms with E-state index in [2.05, 4.69) is 4.98 Å². The summed E-state index contributed by atoms with van der Waals surface area (Å²) in [7, 11) is 0. The van der Waals surface area contributed by atoms with Crippen molar-refractivity contribution in [3.63, 3.8) is 0 Å². The molecule has 0 aliphatic heterocycles. The number of halogens is 6. The van der Waals surface area contributed by atoms with Crippen LogP contribution in [-0.4, -0.2) is 16.9 Å². The zero-order valence-electron chi connectivity index (χ0n) is 9.92. The van der Waals surface area contributed by atoms with Gasteiger partial charge < -0.3 is 0 Å². The molecule has 0 atom stereocenters. The lowest BCUT2D eigenvalue weighted by Gasteiger charge is -2.18. The van der Waals surface area contributed by atoms with Gasteiger partial charge in [-0.1, -0.05) is 23.7 Å². The molecule has 2 rings (SSSR count). The highest BCUT2D eigenvalue weighted by Gasteiger charge is 2.61. The Bertz CT molecular complexity index is 682. The van der Waals surface area contributed by atoms with Gasteiger partial charge in [0.05, 0.1) is 5.51 Å². The van der Waals surface area contributed by atoms with Crippen LogP contribution in [0.2, 0.25) is 5.02 Å². The molecule has 1 heterocycles. The number of carbonyl (C=O) groups excluding carboxylic acids is 1. The van der Waals surface area contributed by atoms with Crippen molar-refractivity contribution in [2.45, 2.75) is 12.1 Å². The van der Waals surface area contributed by atoms with E-state index >= 15 is 0 Å². The molecule has 0 fully saturated rings. The number of hydrogen-bond acceptors (Lipinski definition) is 3. The first-order valence-electron chi connectivity index (χ1n) is 5.33. The van der Waals surface area contributed by atoms with Crippen LogP contribution in [-0.2, 0) is 5.92 Å². The Morgan fingerprint density at radius 2 is 1.86 bits per heavy atom. The normalized spacial score (nSPS) is 12.5. The van der Waals surface area contributed by atoms with E-state index in [0.29, 0.717) is 11.3 Å². The van der Waals surface area contributed by atoms with Crippen LogP contribution in [0.1, 0.15) is 20.9 Å². The van der Waals surface area contributed by atoms with Gasteiger partial charge >= 0.3 is 12.1 Å². The van der Waals surface area contributed by atoms with Crippen molar-refractivity contribution < 1.29 is 26.7 Å². The average molecular weight is 342 g/mol. The zero-order valence-corrected chi connectivity index (χ0v) is 11.5. The Labute approximate surface area is 124 Å². The van der Waals surface area contributed by atoms with E-state index in [1.165, 1.54) is 24.3 Å². The molecule has 0 bridgehead atoms. The maximum atomic E-state index is 13.4. The molecule has 1 aromatic heterocycles. The Kier molecular flexibility index (Phi) is 4.03. The number of hydrogen-bond donors (Lipinski definition) is 0. The topological polar surface area (TPSA) is 30.0 Å².